The van der Waals surface area contributed by atoms with Crippen molar-refractivity contribution < 1.29 is 19.0 Å². The van der Waals surface area contributed by atoms with E-state index in [0.29, 0.717) is 26.2 Å². The number of carbonyl (C=O) groups excluding carboxylic acids is 1. The van der Waals surface area contributed by atoms with Crippen molar-refractivity contribution in [2.45, 2.75) is 24.9 Å². The molecule has 2 aromatic rings. The maximum atomic E-state index is 12.8. The first-order chi connectivity index (χ1) is 13.2. The van der Waals surface area contributed by atoms with Crippen molar-refractivity contribution in [3.8, 4) is 16.9 Å². The molecule has 5 heteroatoms. The normalized spacial score (nSPS) is 19.0. The van der Waals surface area contributed by atoms with Crippen molar-refractivity contribution in [2.24, 2.45) is 0 Å². The van der Waals surface area contributed by atoms with E-state index in [0.717, 1.165) is 35.3 Å². The fourth-order valence-electron chi connectivity index (χ4n) is 3.59. The zero-order valence-electron chi connectivity index (χ0n) is 16.0. The van der Waals surface area contributed by atoms with Gasteiger partial charge in [-0.25, -0.2) is 0 Å². The molecule has 1 heterocycles. The van der Waals surface area contributed by atoms with Crippen LogP contribution in [0.15, 0.2) is 48.5 Å². The van der Waals surface area contributed by atoms with Gasteiger partial charge in [-0.05, 0) is 30.0 Å². The summed E-state index contributed by atoms with van der Waals surface area (Å²) in [6.07, 6.45) is 2.17. The number of methoxy groups -OCH3 is 2. The van der Waals surface area contributed by atoms with E-state index in [1.165, 1.54) is 0 Å². The Balaban J connectivity index is 1.82. The van der Waals surface area contributed by atoms with Gasteiger partial charge in [-0.1, -0.05) is 42.5 Å². The summed E-state index contributed by atoms with van der Waals surface area (Å²) in [4.78, 5) is 12.8. The molecule has 2 aromatic carbocycles. The highest BCUT2D eigenvalue weighted by molar-refractivity contribution is 5.86. The van der Waals surface area contributed by atoms with Crippen molar-refractivity contribution in [1.29, 1.82) is 0 Å². The molecule has 1 aliphatic rings. The van der Waals surface area contributed by atoms with Gasteiger partial charge in [0.05, 0.1) is 13.7 Å². The van der Waals surface area contributed by atoms with Crippen LogP contribution in [0.4, 0.5) is 0 Å². The minimum absolute atomic E-state index is 0.0558. The van der Waals surface area contributed by atoms with Gasteiger partial charge >= 0.3 is 0 Å². The van der Waals surface area contributed by atoms with E-state index >= 15 is 0 Å². The summed E-state index contributed by atoms with van der Waals surface area (Å²) < 4.78 is 16.5. The van der Waals surface area contributed by atoms with E-state index < -0.39 is 5.60 Å². The van der Waals surface area contributed by atoms with Crippen LogP contribution in [-0.4, -0.2) is 45.5 Å². The highest BCUT2D eigenvalue weighted by Gasteiger charge is 2.42. The van der Waals surface area contributed by atoms with E-state index in [4.69, 9.17) is 14.2 Å². The summed E-state index contributed by atoms with van der Waals surface area (Å²) in [5.74, 6) is 0.776. The number of rotatable bonds is 8. The predicted molar refractivity (Wildman–Crippen MR) is 105 cm³/mol. The first-order valence-electron chi connectivity index (χ1n) is 9.32. The van der Waals surface area contributed by atoms with Crippen molar-refractivity contribution in [1.82, 2.24) is 5.32 Å². The van der Waals surface area contributed by atoms with Gasteiger partial charge in [0.1, 0.15) is 5.75 Å². The molecule has 0 unspecified atom stereocenters. The van der Waals surface area contributed by atoms with E-state index in [9.17, 15) is 4.79 Å². The first-order valence-corrected chi connectivity index (χ1v) is 9.32. The molecular formula is C22H27NO4. The molecule has 1 aliphatic heterocycles. The number of para-hydroxylation sites is 1. The predicted octanol–water partition coefficient (Wildman–Crippen LogP) is 3.22. The molecule has 5 nitrogen and oxygen atoms in total. The van der Waals surface area contributed by atoms with Crippen LogP contribution in [0.25, 0.3) is 11.1 Å². The summed E-state index contributed by atoms with van der Waals surface area (Å²) in [5.41, 5.74) is 2.38. The van der Waals surface area contributed by atoms with Crippen LogP contribution >= 0.6 is 0 Å². The zero-order valence-corrected chi connectivity index (χ0v) is 16.0. The zero-order chi connectivity index (χ0) is 19.1. The monoisotopic (exact) mass is 369 g/mol. The van der Waals surface area contributed by atoms with Crippen molar-refractivity contribution in [2.75, 3.05) is 34.0 Å². The summed E-state index contributed by atoms with van der Waals surface area (Å²) in [5, 5.41) is 2.94. The average molecular weight is 369 g/mol. The lowest BCUT2D eigenvalue weighted by Gasteiger charge is -2.27. The minimum atomic E-state index is -0.798. The molecule has 1 amide bonds. The van der Waals surface area contributed by atoms with Gasteiger partial charge in [-0.3, -0.25) is 4.79 Å². The molecule has 0 aromatic heterocycles. The Morgan fingerprint density at radius 2 is 2.04 bits per heavy atom. The van der Waals surface area contributed by atoms with Crippen molar-refractivity contribution in [3.05, 3.63) is 54.1 Å². The summed E-state index contributed by atoms with van der Waals surface area (Å²) >= 11 is 0. The van der Waals surface area contributed by atoms with Crippen LogP contribution in [0.3, 0.4) is 0 Å². The summed E-state index contributed by atoms with van der Waals surface area (Å²) in [7, 11) is 3.30. The summed E-state index contributed by atoms with van der Waals surface area (Å²) in [6, 6.07) is 16.2. The van der Waals surface area contributed by atoms with Gasteiger partial charge in [0.2, 0.25) is 0 Å². The largest absolute Gasteiger partial charge is 0.496 e. The number of ether oxygens (including phenoxy) is 3. The Hall–Kier alpha value is -2.37. The quantitative estimate of drug-likeness (QED) is 0.726. The third kappa shape index (κ3) is 4.49. The third-order valence-corrected chi connectivity index (χ3v) is 4.94. The highest BCUT2D eigenvalue weighted by Crippen LogP contribution is 2.33. The second kappa shape index (κ2) is 9.02. The number of amides is 1. The Kier molecular flexibility index (Phi) is 6.48. The molecule has 0 bridgehead atoms. The van der Waals surface area contributed by atoms with Crippen LogP contribution < -0.4 is 10.1 Å². The Bertz CT molecular complexity index is 768. The van der Waals surface area contributed by atoms with Crippen LogP contribution in [-0.2, 0) is 20.7 Å². The molecule has 0 radical (unpaired) electrons. The molecule has 3 rings (SSSR count). The first kappa shape index (κ1) is 19.4. The lowest BCUT2D eigenvalue weighted by atomic mass is 9.89. The smallest absolute Gasteiger partial charge is 0.252 e. The van der Waals surface area contributed by atoms with Crippen molar-refractivity contribution >= 4 is 5.91 Å². The third-order valence-electron chi connectivity index (χ3n) is 4.94. The molecular weight excluding hydrogens is 342 g/mol. The van der Waals surface area contributed by atoms with E-state index in [-0.39, 0.29) is 5.91 Å². The molecule has 1 N–H and O–H groups in total. The van der Waals surface area contributed by atoms with Gasteiger partial charge in [-0.15, -0.1) is 0 Å². The second-order valence-electron chi connectivity index (χ2n) is 6.77. The second-order valence-corrected chi connectivity index (χ2v) is 6.77. The van der Waals surface area contributed by atoms with E-state index in [2.05, 4.69) is 17.4 Å². The Morgan fingerprint density at radius 1 is 1.19 bits per heavy atom. The van der Waals surface area contributed by atoms with E-state index in [1.807, 2.05) is 36.4 Å². The summed E-state index contributed by atoms with van der Waals surface area (Å²) in [6.45, 7) is 1.59. The molecule has 0 spiro atoms. The molecule has 0 aliphatic carbocycles. The molecule has 1 fully saturated rings. The molecule has 0 saturated carbocycles. The topological polar surface area (TPSA) is 56.8 Å². The average Bonchev–Trinajstić information content (AvgIpc) is 3.18. The van der Waals surface area contributed by atoms with Crippen LogP contribution in [0.5, 0.6) is 5.75 Å². The number of carbonyl (C=O) groups is 1. The molecule has 1 saturated heterocycles. The van der Waals surface area contributed by atoms with Gasteiger partial charge in [0, 0.05) is 32.2 Å². The maximum Gasteiger partial charge on any atom is 0.252 e. The lowest BCUT2D eigenvalue weighted by molar-refractivity contribution is -0.141. The van der Waals surface area contributed by atoms with Crippen LogP contribution in [0.2, 0.25) is 0 Å². The minimum Gasteiger partial charge on any atom is -0.496 e. The van der Waals surface area contributed by atoms with Gasteiger partial charge in [-0.2, -0.15) is 0 Å². The lowest BCUT2D eigenvalue weighted by Crippen LogP contribution is -2.48. The van der Waals surface area contributed by atoms with Gasteiger partial charge in [0.15, 0.2) is 5.60 Å². The molecule has 1 atom stereocenters. The Labute approximate surface area is 160 Å². The SMILES string of the molecule is COCCNC(=O)[C@]1(Cc2cccc(-c3ccccc3OC)c2)CCCO1. The fraction of sp³-hybridized carbons (Fsp3) is 0.409. The number of hydrogen-bond donors (Lipinski definition) is 1. The number of hydrogen-bond acceptors (Lipinski definition) is 4. The Morgan fingerprint density at radius 3 is 2.78 bits per heavy atom. The highest BCUT2D eigenvalue weighted by atomic mass is 16.5. The van der Waals surface area contributed by atoms with E-state index in [1.54, 1.807) is 14.2 Å². The van der Waals surface area contributed by atoms with Gasteiger partial charge in [0.25, 0.3) is 5.91 Å². The number of nitrogens with one attached hydrogen (secondary N) is 1. The van der Waals surface area contributed by atoms with Crippen molar-refractivity contribution in [3.63, 3.8) is 0 Å². The molecule has 144 valence electrons. The number of benzene rings is 2. The fourth-order valence-corrected chi connectivity index (χ4v) is 3.59. The maximum absolute atomic E-state index is 12.8. The molecule has 27 heavy (non-hydrogen) atoms. The van der Waals surface area contributed by atoms with Crippen LogP contribution in [0, 0.1) is 0 Å². The standard InChI is InChI=1S/C22H27NO4/c1-25-14-12-23-21(24)22(11-6-13-27-22)16-17-7-5-8-18(15-17)19-9-3-4-10-20(19)26-2/h3-5,7-10,15H,6,11-14,16H2,1-2H3,(H,23,24)/t22-/m1/s1. The van der Waals surface area contributed by atoms with Crippen LogP contribution in [0.1, 0.15) is 18.4 Å². The van der Waals surface area contributed by atoms with Gasteiger partial charge < -0.3 is 19.5 Å².